The molecular weight excluding hydrogens is 1560 g/mol. The highest BCUT2D eigenvalue weighted by Gasteiger charge is 2.35. The number of carbonyl (C=O) groups is 5. The topological polar surface area (TPSA) is 280 Å². The maximum Gasteiger partial charge on any atom is 0.416 e. The van der Waals surface area contributed by atoms with Crippen molar-refractivity contribution in [2.24, 2.45) is 0 Å². The lowest BCUT2D eigenvalue weighted by Gasteiger charge is -2.16. The number of hydrogen-bond acceptors (Lipinski definition) is 14. The average Bonchev–Trinajstić information content (AvgIpc) is 1.53. The Morgan fingerprint density at radius 3 is 1.63 bits per heavy atom. The number of halogens is 9. The Hall–Kier alpha value is -15.8. The van der Waals surface area contributed by atoms with Gasteiger partial charge in [-0.2, -0.15) is 44.6 Å². The first-order chi connectivity index (χ1) is 57.3. The number of pyridine rings is 1. The number of rotatable bonds is 13. The van der Waals surface area contributed by atoms with Gasteiger partial charge in [-0.1, -0.05) is 36.0 Å². The van der Waals surface area contributed by atoms with Crippen molar-refractivity contribution < 1.29 is 63.5 Å². The highest BCUT2D eigenvalue weighted by atomic mass is 19.4. The molecule has 0 bridgehead atoms. The molecule has 0 spiro atoms. The third kappa shape index (κ3) is 19.6. The predicted octanol–water partition coefficient (Wildman–Crippen LogP) is 14.7. The van der Waals surface area contributed by atoms with Crippen LogP contribution in [-0.4, -0.2) is 123 Å². The second-order valence-electron chi connectivity index (χ2n) is 27.0. The molecule has 0 aliphatic rings. The van der Waals surface area contributed by atoms with E-state index in [1.807, 2.05) is 39.8 Å². The van der Waals surface area contributed by atoms with E-state index in [1.54, 1.807) is 153 Å². The van der Waals surface area contributed by atoms with Crippen molar-refractivity contribution in [2.45, 2.75) is 52.8 Å². The van der Waals surface area contributed by atoms with Crippen LogP contribution in [0.2, 0.25) is 0 Å². The van der Waals surface area contributed by atoms with E-state index in [0.29, 0.717) is 74.5 Å². The zero-order valence-electron chi connectivity index (χ0n) is 64.2. The number of alkyl halides is 9. The number of benzene rings is 6. The van der Waals surface area contributed by atoms with Crippen LogP contribution in [0.3, 0.4) is 0 Å². The Balaban J connectivity index is 0.000000156. The number of nitrogens with zero attached hydrogens (tertiary/aromatic N) is 15. The van der Waals surface area contributed by atoms with Crippen LogP contribution in [0.15, 0.2) is 227 Å². The minimum absolute atomic E-state index is 0.00328. The van der Waals surface area contributed by atoms with E-state index in [4.69, 9.17) is 0 Å². The van der Waals surface area contributed by atoms with Crippen LogP contribution < -0.4 is 26.6 Å². The van der Waals surface area contributed by atoms with E-state index in [-0.39, 0.29) is 56.7 Å². The molecule has 602 valence electrons. The van der Waals surface area contributed by atoms with Crippen LogP contribution >= 0.6 is 0 Å². The van der Waals surface area contributed by atoms with Gasteiger partial charge in [-0.25, -0.2) is 34.4 Å². The predicted molar refractivity (Wildman–Crippen MR) is 427 cm³/mol. The molecular formula is C86H65F9N20O5. The summed E-state index contributed by atoms with van der Waals surface area (Å²) < 4.78 is 132. The number of fused-ring (bicyclic) bond motifs is 3. The summed E-state index contributed by atoms with van der Waals surface area (Å²) in [4.78, 5) is 93.5. The highest BCUT2D eigenvalue weighted by molar-refractivity contribution is 6.06. The van der Waals surface area contributed by atoms with E-state index in [9.17, 15) is 63.5 Å². The Kier molecular flexibility index (Phi) is 23.8. The lowest BCUT2D eigenvalue weighted by atomic mass is 10.0. The lowest BCUT2D eigenvalue weighted by molar-refractivity contribution is -0.138. The molecule has 0 unspecified atom stereocenters. The van der Waals surface area contributed by atoms with Crippen molar-refractivity contribution in [3.05, 3.63) is 322 Å². The summed E-state index contributed by atoms with van der Waals surface area (Å²) in [5, 5.41) is 17.2. The van der Waals surface area contributed by atoms with E-state index in [0.717, 1.165) is 53.1 Å². The van der Waals surface area contributed by atoms with Gasteiger partial charge in [0.15, 0.2) is 16.9 Å². The van der Waals surface area contributed by atoms with Gasteiger partial charge in [-0.15, -0.1) is 0 Å². The minimum atomic E-state index is -4.71. The molecule has 0 aliphatic heterocycles. The zero-order chi connectivity index (χ0) is 85.3. The molecule has 0 saturated carbocycles. The number of aryl methyl sites for hydroxylation is 3. The van der Waals surface area contributed by atoms with Gasteiger partial charge in [0.1, 0.15) is 34.9 Å². The highest BCUT2D eigenvalue weighted by Crippen LogP contribution is 2.37. The molecule has 15 aromatic rings. The number of hydrogen-bond donors (Lipinski definition) is 5. The maximum absolute atomic E-state index is 13.8. The molecule has 0 aliphatic carbocycles. The zero-order valence-corrected chi connectivity index (χ0v) is 64.2. The molecule has 5 N–H and O–H groups in total. The average molecular weight is 1630 g/mol. The summed E-state index contributed by atoms with van der Waals surface area (Å²) in [6, 6.07) is 31.6. The van der Waals surface area contributed by atoms with Gasteiger partial charge >= 0.3 is 18.5 Å². The normalized spacial score (nSPS) is 11.2. The SMILES string of the molecule is CC(=O)Nc1cccn2c(C#Cc3cc(C(=O)Nc4cc(-n5ccnc5CN(C)C)cc(C(F)(F)F)c4)ccc3C)cnc12.CNC(=O)c1cn(-c2cc(C(=O)Nc3ccc(C)c(C#Cc4cnc5cnccn45)c3)cc(C(F)(F)F)c2)cn1.Cc1ccc(C(=O)Nc2cc(-n3ccnc3)cc(C(F)(F)F)c2)cc1C#Cc1cnc2cccnn12. The fraction of sp³-hybridized carbons (Fsp3) is 0.128. The Morgan fingerprint density at radius 1 is 0.450 bits per heavy atom. The first-order valence-corrected chi connectivity index (χ1v) is 36.0. The lowest BCUT2D eigenvalue weighted by Crippen LogP contribution is -2.18. The molecule has 6 aromatic carbocycles. The largest absolute Gasteiger partial charge is 0.416 e. The quantitative estimate of drug-likeness (QED) is 0.0530. The summed E-state index contributed by atoms with van der Waals surface area (Å²) in [5.41, 5.74) is 6.64. The van der Waals surface area contributed by atoms with Crippen LogP contribution in [0.1, 0.15) is 121 Å². The number of amides is 5. The van der Waals surface area contributed by atoms with Gasteiger partial charge in [-0.3, -0.25) is 37.8 Å². The summed E-state index contributed by atoms with van der Waals surface area (Å²) in [7, 11) is 5.07. The fourth-order valence-electron chi connectivity index (χ4n) is 12.0. The van der Waals surface area contributed by atoms with E-state index in [2.05, 4.69) is 102 Å². The molecule has 0 saturated heterocycles. The van der Waals surface area contributed by atoms with Gasteiger partial charge in [0.05, 0.1) is 60.0 Å². The van der Waals surface area contributed by atoms with Crippen molar-refractivity contribution in [2.75, 3.05) is 42.4 Å². The molecule has 34 heteroatoms. The van der Waals surface area contributed by atoms with Crippen molar-refractivity contribution >= 4 is 69.2 Å². The Bertz CT molecular complexity index is 6670. The molecule has 25 nitrogen and oxygen atoms in total. The molecule has 0 atom stereocenters. The summed E-state index contributed by atoms with van der Waals surface area (Å²) in [5.74, 6) is 16.2. The second-order valence-corrected chi connectivity index (χ2v) is 27.0. The standard InChI is InChI=1S/C32H28F3N7O2.C28H20F3N7O2.C26H17F3N6O/c1-20-7-8-23(14-22(20)9-10-26-18-37-30-28(38-21(2)43)6-5-12-42(26)30)31(44)39-25-15-24(32(33,34)35)16-27(17-25)41-13-11-36-29(41)19-40(3)4;1-17-3-5-21(10-18(17)4-6-22-13-34-25-14-33-7-8-38(22)25)36-26(39)19-9-20(28(29,30)31)12-23(11-19)37-15-24(35-16-37)27(40)32-2;1-17-4-5-19(11-18(17)6-7-22-15-31-24-3-2-8-32-35(22)24)25(36)33-21-12-20(26(27,28)29)13-23(14-21)34-10-9-30-16-34/h5-8,11-18H,19H2,1-4H3,(H,38,43)(H,39,44);3,5,7-16H,1-2H3,(H,32,40)(H,36,39);2-5,8-16H,1H3,(H,33,36). The van der Waals surface area contributed by atoms with Crippen molar-refractivity contribution in [3.8, 4) is 52.6 Å². The van der Waals surface area contributed by atoms with Crippen LogP contribution in [0.25, 0.3) is 34.0 Å². The molecule has 5 amide bonds. The molecule has 0 fully saturated rings. The van der Waals surface area contributed by atoms with Crippen LogP contribution in [0.4, 0.5) is 62.3 Å². The summed E-state index contributed by atoms with van der Waals surface area (Å²) >= 11 is 0. The monoisotopic (exact) mass is 1630 g/mol. The second kappa shape index (κ2) is 34.7. The third-order valence-corrected chi connectivity index (χ3v) is 18.0. The Labute approximate surface area is 676 Å². The molecule has 9 aromatic heterocycles. The van der Waals surface area contributed by atoms with Gasteiger partial charge in [0.25, 0.3) is 23.6 Å². The molecule has 120 heavy (non-hydrogen) atoms. The van der Waals surface area contributed by atoms with Gasteiger partial charge in [0, 0.05) is 137 Å². The van der Waals surface area contributed by atoms with Crippen LogP contribution in [0, 0.1) is 56.3 Å². The molecule has 9 heterocycles. The molecule has 15 rings (SSSR count). The third-order valence-electron chi connectivity index (χ3n) is 18.0. The number of nitrogens with one attached hydrogen (secondary N) is 5. The van der Waals surface area contributed by atoms with Gasteiger partial charge in [0.2, 0.25) is 5.91 Å². The van der Waals surface area contributed by atoms with Crippen molar-refractivity contribution in [1.29, 1.82) is 0 Å². The van der Waals surface area contributed by atoms with Crippen molar-refractivity contribution in [3.63, 3.8) is 0 Å². The molecule has 0 radical (unpaired) electrons. The van der Waals surface area contributed by atoms with E-state index < -0.39 is 58.8 Å². The smallest absolute Gasteiger partial charge is 0.354 e. The van der Waals surface area contributed by atoms with Crippen molar-refractivity contribution in [1.82, 2.24) is 77.2 Å². The van der Waals surface area contributed by atoms with Crippen LogP contribution in [-0.2, 0) is 29.9 Å². The first kappa shape index (κ1) is 82.2. The minimum Gasteiger partial charge on any atom is -0.354 e. The van der Waals surface area contributed by atoms with E-state index >= 15 is 0 Å². The number of anilines is 4. The summed E-state index contributed by atoms with van der Waals surface area (Å²) in [6.45, 7) is 7.36. The number of carbonyl (C=O) groups excluding carboxylic acids is 5. The first-order valence-electron chi connectivity index (χ1n) is 36.0. The van der Waals surface area contributed by atoms with Gasteiger partial charge < -0.3 is 45.2 Å². The number of imidazole rings is 6. The number of aromatic nitrogens is 14. The van der Waals surface area contributed by atoms with E-state index in [1.165, 1.54) is 78.7 Å². The Morgan fingerprint density at radius 2 is 1.01 bits per heavy atom. The fourth-order valence-corrected chi connectivity index (χ4v) is 12.0. The summed E-state index contributed by atoms with van der Waals surface area (Å²) in [6.07, 6.45) is 9.16. The maximum atomic E-state index is 13.8. The van der Waals surface area contributed by atoms with Gasteiger partial charge in [-0.05, 0) is 185 Å². The van der Waals surface area contributed by atoms with Crippen LogP contribution in [0.5, 0.6) is 0 Å².